The minimum atomic E-state index is -0.631. The number of halogens is 1. The van der Waals surface area contributed by atoms with Crippen LogP contribution in [0.1, 0.15) is 71.8 Å². The number of carbonyl (C=O) groups excluding carboxylic acids is 1. The number of nitrogens with zero attached hydrogens (tertiary/aromatic N) is 6. The number of anilines is 1. The topological polar surface area (TPSA) is 112 Å². The number of aryl methyl sites for hydroxylation is 1. The van der Waals surface area contributed by atoms with Crippen molar-refractivity contribution in [1.82, 2.24) is 24.8 Å². The molecule has 2 aromatic heterocycles. The highest BCUT2D eigenvalue weighted by Gasteiger charge is 2.52. The average molecular weight is 741 g/mol. The average Bonchev–Trinajstić information content (AvgIpc) is 3.80. The lowest BCUT2D eigenvalue weighted by Gasteiger charge is -2.46. The lowest BCUT2D eigenvalue weighted by molar-refractivity contribution is 0.00537. The van der Waals surface area contributed by atoms with E-state index in [1.165, 1.54) is 0 Å². The van der Waals surface area contributed by atoms with E-state index in [1.54, 1.807) is 7.11 Å². The van der Waals surface area contributed by atoms with Crippen molar-refractivity contribution >= 4 is 33.6 Å². The van der Waals surface area contributed by atoms with Crippen LogP contribution in [0.5, 0.6) is 17.6 Å². The van der Waals surface area contributed by atoms with Crippen LogP contribution in [-0.2, 0) is 15.9 Å². The van der Waals surface area contributed by atoms with E-state index in [-0.39, 0.29) is 66.3 Å². The summed E-state index contributed by atoms with van der Waals surface area (Å²) in [7, 11) is 1.56. The van der Waals surface area contributed by atoms with Gasteiger partial charge in [0.05, 0.1) is 23.7 Å². The van der Waals surface area contributed by atoms with Crippen LogP contribution in [0.25, 0.3) is 32.9 Å². The van der Waals surface area contributed by atoms with Gasteiger partial charge in [-0.25, -0.2) is 14.2 Å². The quantitative estimate of drug-likeness (QED) is 0.176. The van der Waals surface area contributed by atoms with Crippen LogP contribution in [0.3, 0.4) is 0 Å². The molecule has 4 fully saturated rings. The summed E-state index contributed by atoms with van der Waals surface area (Å²) >= 11 is 0. The Balaban J connectivity index is 1.20. The lowest BCUT2D eigenvalue weighted by atomic mass is 9.95. The molecule has 5 aliphatic heterocycles. The smallest absolute Gasteiger partial charge is 0.410 e. The van der Waals surface area contributed by atoms with Crippen molar-refractivity contribution in [3.8, 4) is 28.9 Å². The zero-order valence-corrected chi connectivity index (χ0v) is 31.8. The van der Waals surface area contributed by atoms with Gasteiger partial charge in [0.15, 0.2) is 12.6 Å². The van der Waals surface area contributed by atoms with Crippen LogP contribution in [-0.4, -0.2) is 107 Å². The largest absolute Gasteiger partial charge is 0.475 e. The van der Waals surface area contributed by atoms with Gasteiger partial charge in [0.2, 0.25) is 5.88 Å². The second-order valence-corrected chi connectivity index (χ2v) is 16.4. The number of hydrogen-bond donors (Lipinski definition) is 0. The molecule has 2 bridgehead atoms. The number of amides is 1. The Bertz CT molecular complexity index is 2110. The molecule has 9 rings (SSSR count). The van der Waals surface area contributed by atoms with Crippen molar-refractivity contribution in [1.29, 1.82) is 0 Å². The minimum Gasteiger partial charge on any atom is -0.475 e. The Morgan fingerprint density at radius 1 is 1.04 bits per heavy atom. The van der Waals surface area contributed by atoms with Crippen LogP contribution in [0.15, 0.2) is 30.3 Å². The molecule has 0 spiro atoms. The first kappa shape index (κ1) is 35.2. The molecule has 13 heteroatoms. The number of fused-ring (bicyclic) bond motifs is 7. The molecule has 0 aliphatic carbocycles. The molecule has 4 saturated heterocycles. The van der Waals surface area contributed by atoms with Gasteiger partial charge in [-0.3, -0.25) is 9.80 Å². The number of hydrogen-bond acceptors (Lipinski definition) is 11. The molecule has 5 aliphatic rings. The summed E-state index contributed by atoms with van der Waals surface area (Å²) in [6.45, 7) is 11.0. The standard InChI is InChI=1S/C41H49FN6O6/c1-6-24-10-7-11-25-18-27(53-23-50-5)19-28(31(24)25)34-33(42)35-32-36(45-38(44-35)52-22-41-14-8-16-46(41)17-9-15-41)47-20-26-12-13-29(30(47)21-51-37(32)43-34)48(26)39(49)54-40(2,3)4/h7,10-11,18-19,26,29-30H,6,8-9,12-17,20-23H2,1-5H3. The molecule has 0 radical (unpaired) electrons. The predicted octanol–water partition coefficient (Wildman–Crippen LogP) is 6.89. The first-order valence-corrected chi connectivity index (χ1v) is 19.4. The van der Waals surface area contributed by atoms with E-state index in [0.717, 1.165) is 74.4 Å². The number of carbonyl (C=O) groups is 1. The molecule has 54 heavy (non-hydrogen) atoms. The van der Waals surface area contributed by atoms with Gasteiger partial charge in [-0.15, -0.1) is 0 Å². The van der Waals surface area contributed by atoms with Crippen LogP contribution in [0, 0.1) is 5.82 Å². The van der Waals surface area contributed by atoms with E-state index in [2.05, 4.69) is 22.8 Å². The molecule has 0 saturated carbocycles. The van der Waals surface area contributed by atoms with E-state index < -0.39 is 11.4 Å². The van der Waals surface area contributed by atoms with E-state index in [0.29, 0.717) is 35.7 Å². The van der Waals surface area contributed by atoms with Crippen molar-refractivity contribution < 1.29 is 32.9 Å². The molecule has 3 atom stereocenters. The van der Waals surface area contributed by atoms with Gasteiger partial charge < -0.3 is 28.6 Å². The highest BCUT2D eigenvalue weighted by atomic mass is 19.1. The maximum absolute atomic E-state index is 17.6. The lowest BCUT2D eigenvalue weighted by Crippen LogP contribution is -2.63. The maximum Gasteiger partial charge on any atom is 0.410 e. The van der Waals surface area contributed by atoms with Gasteiger partial charge in [-0.1, -0.05) is 25.1 Å². The normalized spacial score (nSPS) is 23.0. The third kappa shape index (κ3) is 5.85. The van der Waals surface area contributed by atoms with Crippen molar-refractivity contribution in [2.24, 2.45) is 0 Å². The van der Waals surface area contributed by atoms with Crippen LogP contribution in [0.4, 0.5) is 15.0 Å². The molecule has 12 nitrogen and oxygen atoms in total. The summed E-state index contributed by atoms with van der Waals surface area (Å²) in [6, 6.07) is 9.35. The maximum atomic E-state index is 17.6. The van der Waals surface area contributed by atoms with E-state index in [4.69, 9.17) is 38.6 Å². The molecule has 1 amide bonds. The highest BCUT2D eigenvalue weighted by molar-refractivity contribution is 6.03. The van der Waals surface area contributed by atoms with Gasteiger partial charge in [0, 0.05) is 19.2 Å². The molecule has 286 valence electrons. The zero-order valence-electron chi connectivity index (χ0n) is 31.8. The van der Waals surface area contributed by atoms with Gasteiger partial charge in [-0.2, -0.15) is 9.97 Å². The van der Waals surface area contributed by atoms with Gasteiger partial charge in [-0.05, 0) is 107 Å². The summed E-state index contributed by atoms with van der Waals surface area (Å²) in [6.07, 6.45) is 6.38. The molecular formula is C41H49FN6O6. The molecule has 0 N–H and O–H groups in total. The molecular weight excluding hydrogens is 691 g/mol. The van der Waals surface area contributed by atoms with Crippen LogP contribution < -0.4 is 19.1 Å². The van der Waals surface area contributed by atoms with E-state index in [9.17, 15) is 4.79 Å². The second kappa shape index (κ2) is 13.4. The Morgan fingerprint density at radius 2 is 1.85 bits per heavy atom. The van der Waals surface area contributed by atoms with Gasteiger partial charge in [0.25, 0.3) is 0 Å². The first-order chi connectivity index (χ1) is 26.1. The van der Waals surface area contributed by atoms with Crippen LogP contribution in [0.2, 0.25) is 0 Å². The summed E-state index contributed by atoms with van der Waals surface area (Å²) in [5.74, 6) is 0.714. The fourth-order valence-corrected chi connectivity index (χ4v) is 9.74. The second-order valence-electron chi connectivity index (χ2n) is 16.4. The number of ether oxygens (including phenoxy) is 5. The predicted molar refractivity (Wildman–Crippen MR) is 202 cm³/mol. The number of piperazine rings is 1. The number of rotatable bonds is 8. The monoisotopic (exact) mass is 740 g/mol. The van der Waals surface area contributed by atoms with Crippen molar-refractivity contribution in [2.75, 3.05) is 51.7 Å². The summed E-state index contributed by atoms with van der Waals surface area (Å²) in [4.78, 5) is 35.1. The Morgan fingerprint density at radius 3 is 2.61 bits per heavy atom. The van der Waals surface area contributed by atoms with Gasteiger partial charge in [0.1, 0.15) is 47.0 Å². The first-order valence-electron chi connectivity index (χ1n) is 19.4. The van der Waals surface area contributed by atoms with Crippen molar-refractivity contribution in [3.63, 3.8) is 0 Å². The minimum absolute atomic E-state index is 0.0380. The third-order valence-electron chi connectivity index (χ3n) is 12.1. The van der Waals surface area contributed by atoms with E-state index in [1.807, 2.05) is 49.9 Å². The summed E-state index contributed by atoms with van der Waals surface area (Å²) < 4.78 is 47.8. The molecule has 4 aromatic rings. The Kier molecular flexibility index (Phi) is 8.72. The number of benzene rings is 2. The molecule has 3 unspecified atom stereocenters. The third-order valence-corrected chi connectivity index (χ3v) is 12.1. The zero-order chi connectivity index (χ0) is 37.4. The van der Waals surface area contributed by atoms with E-state index >= 15 is 4.39 Å². The van der Waals surface area contributed by atoms with Crippen molar-refractivity contribution in [2.45, 2.75) is 102 Å². The SMILES string of the molecule is CCc1cccc2cc(OCOC)cc(-c3nc4c5c(nc(OCC67CCCN6CCC7)nc5c3F)N3CC5CCC(C3CO4)N5C(=O)OC(C)(C)C)c12. The fraction of sp³-hybridized carbons (Fsp3) is 0.561. The fourth-order valence-electron chi connectivity index (χ4n) is 9.74. The number of aromatic nitrogens is 3. The number of methoxy groups -OCH3 is 1. The number of pyridine rings is 1. The van der Waals surface area contributed by atoms with Crippen molar-refractivity contribution in [3.05, 3.63) is 41.7 Å². The summed E-state index contributed by atoms with van der Waals surface area (Å²) in [5, 5.41) is 2.18. The van der Waals surface area contributed by atoms with Crippen LogP contribution >= 0.6 is 0 Å². The highest BCUT2D eigenvalue weighted by Crippen LogP contribution is 2.47. The molecule has 2 aromatic carbocycles. The Hall–Kier alpha value is -4.49. The van der Waals surface area contributed by atoms with Gasteiger partial charge >= 0.3 is 12.1 Å². The summed E-state index contributed by atoms with van der Waals surface area (Å²) in [5.41, 5.74) is 1.13. The molecule has 7 heterocycles. The Labute approximate surface area is 314 Å².